The molecule has 2 rings (SSSR count). The normalized spacial score (nSPS) is 15.4. The third-order valence-corrected chi connectivity index (χ3v) is 3.52. The van der Waals surface area contributed by atoms with Crippen LogP contribution in [-0.2, 0) is 14.3 Å². The molecule has 3 N–H and O–H groups in total. The van der Waals surface area contributed by atoms with E-state index < -0.39 is 0 Å². The van der Waals surface area contributed by atoms with Crippen LogP contribution in [0.2, 0.25) is 0 Å². The molecule has 1 atom stereocenters. The number of halogens is 1. The number of ether oxygens (including phenoxy) is 1. The summed E-state index contributed by atoms with van der Waals surface area (Å²) in [5.41, 5.74) is 6.99. The van der Waals surface area contributed by atoms with Crippen LogP contribution < -0.4 is 16.0 Å². The first-order chi connectivity index (χ1) is 10.1. The number of hydrogen-bond acceptors (Lipinski definition) is 4. The van der Waals surface area contributed by atoms with Crippen LogP contribution >= 0.6 is 12.4 Å². The molecule has 1 saturated heterocycles. The van der Waals surface area contributed by atoms with Gasteiger partial charge in [-0.25, -0.2) is 0 Å². The number of amides is 2. The minimum Gasteiger partial charge on any atom is -0.380 e. The van der Waals surface area contributed by atoms with Crippen LogP contribution in [0, 0.1) is 0 Å². The Morgan fingerprint density at radius 1 is 1.50 bits per heavy atom. The molecule has 1 aliphatic rings. The highest BCUT2D eigenvalue weighted by Gasteiger charge is 2.21. The van der Waals surface area contributed by atoms with E-state index in [1.165, 1.54) is 7.11 Å². The summed E-state index contributed by atoms with van der Waals surface area (Å²) in [6.45, 7) is 1.03. The second-order valence-electron chi connectivity index (χ2n) is 5.04. The van der Waals surface area contributed by atoms with Crippen LogP contribution in [0.25, 0.3) is 0 Å². The Balaban J connectivity index is 0.00000242. The maximum atomic E-state index is 11.9. The Labute approximate surface area is 136 Å². The van der Waals surface area contributed by atoms with Crippen molar-refractivity contribution in [3.05, 3.63) is 24.3 Å². The number of hydrogen-bond donors (Lipinski definition) is 2. The Hall–Kier alpha value is -1.63. The Morgan fingerprint density at radius 2 is 2.27 bits per heavy atom. The van der Waals surface area contributed by atoms with Crippen LogP contribution in [0.4, 0.5) is 11.4 Å². The van der Waals surface area contributed by atoms with Gasteiger partial charge in [0.05, 0.1) is 12.5 Å². The molecular formula is C15H22ClN3O3. The topological polar surface area (TPSA) is 84.7 Å². The number of carbonyl (C=O) groups is 2. The zero-order valence-corrected chi connectivity index (χ0v) is 13.4. The Morgan fingerprint density at radius 3 is 2.86 bits per heavy atom. The van der Waals surface area contributed by atoms with Gasteiger partial charge in [0, 0.05) is 38.0 Å². The van der Waals surface area contributed by atoms with Crippen molar-refractivity contribution < 1.29 is 14.3 Å². The number of benzene rings is 1. The molecule has 0 aliphatic carbocycles. The first kappa shape index (κ1) is 18.4. The molecule has 2 amide bonds. The fraction of sp³-hybridized carbons (Fsp3) is 0.467. The SMILES string of the molecule is COC(CN)CC(=O)Nc1cccc(N2CCCC2=O)c1.Cl. The molecule has 0 spiro atoms. The number of rotatable bonds is 6. The molecule has 1 heterocycles. The quantitative estimate of drug-likeness (QED) is 0.830. The predicted molar refractivity (Wildman–Crippen MR) is 88.4 cm³/mol. The molecule has 0 radical (unpaired) electrons. The number of methoxy groups -OCH3 is 1. The van der Waals surface area contributed by atoms with Crippen molar-refractivity contribution >= 4 is 35.6 Å². The summed E-state index contributed by atoms with van der Waals surface area (Å²) in [6, 6.07) is 7.31. The van der Waals surface area contributed by atoms with Gasteiger partial charge in [-0.1, -0.05) is 6.07 Å². The van der Waals surface area contributed by atoms with Gasteiger partial charge in [0.1, 0.15) is 0 Å². The Kier molecular flexibility index (Phi) is 7.31. The minimum absolute atomic E-state index is 0. The van der Waals surface area contributed by atoms with Crippen molar-refractivity contribution in [1.29, 1.82) is 0 Å². The third kappa shape index (κ3) is 4.69. The predicted octanol–water partition coefficient (Wildman–Crippen LogP) is 1.54. The van der Waals surface area contributed by atoms with Crippen LogP contribution in [0.1, 0.15) is 19.3 Å². The molecule has 1 aromatic rings. The van der Waals surface area contributed by atoms with E-state index in [4.69, 9.17) is 10.5 Å². The monoisotopic (exact) mass is 327 g/mol. The summed E-state index contributed by atoms with van der Waals surface area (Å²) in [7, 11) is 1.53. The molecule has 0 aromatic heterocycles. The Bertz CT molecular complexity index is 521. The van der Waals surface area contributed by atoms with Gasteiger partial charge in [0.15, 0.2) is 0 Å². The van der Waals surface area contributed by atoms with Gasteiger partial charge >= 0.3 is 0 Å². The largest absolute Gasteiger partial charge is 0.380 e. The van der Waals surface area contributed by atoms with Crippen LogP contribution in [0.15, 0.2) is 24.3 Å². The first-order valence-electron chi connectivity index (χ1n) is 7.07. The highest BCUT2D eigenvalue weighted by Crippen LogP contribution is 2.24. The zero-order chi connectivity index (χ0) is 15.2. The summed E-state index contributed by atoms with van der Waals surface area (Å²) in [4.78, 5) is 25.4. The first-order valence-corrected chi connectivity index (χ1v) is 7.07. The second-order valence-corrected chi connectivity index (χ2v) is 5.04. The highest BCUT2D eigenvalue weighted by atomic mass is 35.5. The average molecular weight is 328 g/mol. The second kappa shape index (κ2) is 8.73. The van der Waals surface area contributed by atoms with Crippen LogP contribution in [-0.4, -0.2) is 38.1 Å². The van der Waals surface area contributed by atoms with E-state index in [2.05, 4.69) is 5.32 Å². The molecule has 0 bridgehead atoms. The van der Waals surface area contributed by atoms with E-state index in [-0.39, 0.29) is 36.7 Å². The smallest absolute Gasteiger partial charge is 0.227 e. The lowest BCUT2D eigenvalue weighted by atomic mass is 10.2. The van der Waals surface area contributed by atoms with Crippen molar-refractivity contribution in [1.82, 2.24) is 0 Å². The third-order valence-electron chi connectivity index (χ3n) is 3.52. The van der Waals surface area contributed by atoms with Gasteiger partial charge in [-0.3, -0.25) is 9.59 Å². The molecule has 1 aromatic carbocycles. The van der Waals surface area contributed by atoms with E-state index in [1.807, 2.05) is 18.2 Å². The van der Waals surface area contributed by atoms with E-state index in [1.54, 1.807) is 11.0 Å². The summed E-state index contributed by atoms with van der Waals surface area (Å²) >= 11 is 0. The molecule has 6 nitrogen and oxygen atoms in total. The zero-order valence-electron chi connectivity index (χ0n) is 12.6. The van der Waals surface area contributed by atoms with Crippen LogP contribution in [0.3, 0.4) is 0 Å². The lowest BCUT2D eigenvalue weighted by molar-refractivity contribution is -0.118. The molecule has 22 heavy (non-hydrogen) atoms. The molecule has 0 saturated carbocycles. The lowest BCUT2D eigenvalue weighted by Gasteiger charge is -2.17. The van der Waals surface area contributed by atoms with Gasteiger partial charge in [-0.2, -0.15) is 0 Å². The maximum Gasteiger partial charge on any atom is 0.227 e. The maximum absolute atomic E-state index is 11.9. The van der Waals surface area contributed by atoms with E-state index in [9.17, 15) is 9.59 Å². The van der Waals surface area contributed by atoms with E-state index >= 15 is 0 Å². The van der Waals surface area contributed by atoms with Gasteiger partial charge in [-0.15, -0.1) is 12.4 Å². The molecule has 1 unspecified atom stereocenters. The summed E-state index contributed by atoms with van der Waals surface area (Å²) < 4.78 is 5.09. The number of nitrogens with two attached hydrogens (primary N) is 1. The number of carbonyl (C=O) groups excluding carboxylic acids is 2. The van der Waals surface area contributed by atoms with Crippen LogP contribution in [0.5, 0.6) is 0 Å². The molecule has 1 aliphatic heterocycles. The lowest BCUT2D eigenvalue weighted by Crippen LogP contribution is -2.28. The van der Waals surface area contributed by atoms with Gasteiger partial charge in [-0.05, 0) is 24.6 Å². The summed E-state index contributed by atoms with van der Waals surface area (Å²) in [5, 5.41) is 2.81. The highest BCUT2D eigenvalue weighted by molar-refractivity contribution is 5.97. The number of nitrogens with one attached hydrogen (secondary N) is 1. The number of nitrogens with zero attached hydrogens (tertiary/aromatic N) is 1. The van der Waals surface area contributed by atoms with Crippen molar-refractivity contribution in [2.75, 3.05) is 30.4 Å². The van der Waals surface area contributed by atoms with Gasteiger partial charge in [0.2, 0.25) is 11.8 Å². The van der Waals surface area contributed by atoms with Crippen molar-refractivity contribution in [2.45, 2.75) is 25.4 Å². The van der Waals surface area contributed by atoms with E-state index in [0.717, 1.165) is 18.7 Å². The van der Waals surface area contributed by atoms with Gasteiger partial charge < -0.3 is 20.7 Å². The standard InChI is InChI=1S/C15H21N3O3.ClH/c1-21-13(10-16)9-14(19)17-11-4-2-5-12(8-11)18-7-3-6-15(18)20;/h2,4-5,8,13H,3,6-7,9-10,16H2,1H3,(H,17,19);1H. The fourth-order valence-corrected chi connectivity index (χ4v) is 2.35. The van der Waals surface area contributed by atoms with Crippen molar-refractivity contribution in [3.8, 4) is 0 Å². The van der Waals surface area contributed by atoms with E-state index in [0.29, 0.717) is 18.7 Å². The minimum atomic E-state index is -0.284. The summed E-state index contributed by atoms with van der Waals surface area (Å²) in [5.74, 6) is -0.0294. The van der Waals surface area contributed by atoms with Crippen molar-refractivity contribution in [2.24, 2.45) is 5.73 Å². The molecular weight excluding hydrogens is 306 g/mol. The fourth-order valence-electron chi connectivity index (χ4n) is 2.35. The summed E-state index contributed by atoms with van der Waals surface area (Å²) in [6.07, 6.45) is 1.39. The van der Waals surface area contributed by atoms with Gasteiger partial charge in [0.25, 0.3) is 0 Å². The molecule has 7 heteroatoms. The number of anilines is 2. The van der Waals surface area contributed by atoms with Crippen molar-refractivity contribution in [3.63, 3.8) is 0 Å². The molecule has 1 fully saturated rings. The molecule has 122 valence electrons. The average Bonchev–Trinajstić information content (AvgIpc) is 2.91.